The van der Waals surface area contributed by atoms with Gasteiger partial charge in [0.25, 0.3) is 5.91 Å². The molecule has 3 aromatic carbocycles. The maximum atomic E-state index is 14.7. The van der Waals surface area contributed by atoms with E-state index < -0.39 is 0 Å². The number of hydrogen-bond donors (Lipinski definition) is 0. The van der Waals surface area contributed by atoms with Crippen molar-refractivity contribution in [1.29, 1.82) is 0 Å². The molecule has 0 aliphatic heterocycles. The second-order valence-electron chi connectivity index (χ2n) is 8.58. The van der Waals surface area contributed by atoms with Crippen molar-refractivity contribution in [3.05, 3.63) is 114 Å². The molecule has 5 aromatic rings. The molecule has 5 rings (SSSR count). The molecular formula is C28H25FN6O. The molecule has 1 amide bonds. The van der Waals surface area contributed by atoms with Crippen molar-refractivity contribution in [2.75, 3.05) is 7.05 Å². The van der Waals surface area contributed by atoms with Crippen LogP contribution in [0.4, 0.5) is 4.39 Å². The Labute approximate surface area is 208 Å². The standard InChI is InChI=1S/C28H25FN6O/c1-3-20-9-12-26(29)25(16-20)22-10-11-24(27(17-22)35-19-30-31-32-35)28(36)33(2)18-21-7-6-8-23(15-21)34-13-4-5-14-34/h4-17,19H,3,18H2,1-2H3. The lowest BCUT2D eigenvalue weighted by Crippen LogP contribution is -2.27. The van der Waals surface area contributed by atoms with Gasteiger partial charge >= 0.3 is 0 Å². The molecule has 2 heterocycles. The van der Waals surface area contributed by atoms with Crippen molar-refractivity contribution in [3.63, 3.8) is 0 Å². The number of halogens is 1. The molecular weight excluding hydrogens is 455 g/mol. The quantitative estimate of drug-likeness (QED) is 0.325. The molecule has 36 heavy (non-hydrogen) atoms. The van der Waals surface area contributed by atoms with E-state index in [9.17, 15) is 9.18 Å². The zero-order valence-electron chi connectivity index (χ0n) is 20.0. The Morgan fingerprint density at radius 3 is 2.56 bits per heavy atom. The predicted octanol–water partition coefficient (Wildman–Crippen LogP) is 5.09. The number of tetrazole rings is 1. The summed E-state index contributed by atoms with van der Waals surface area (Å²) < 4.78 is 18.2. The lowest BCUT2D eigenvalue weighted by molar-refractivity contribution is 0.0785. The number of carbonyl (C=O) groups excluding carboxylic acids is 1. The van der Waals surface area contributed by atoms with Gasteiger partial charge in [0.15, 0.2) is 0 Å². The second kappa shape index (κ2) is 9.95. The summed E-state index contributed by atoms with van der Waals surface area (Å²) in [7, 11) is 1.76. The van der Waals surface area contributed by atoms with E-state index in [1.165, 1.54) is 17.1 Å². The number of nitrogens with zero attached hydrogens (tertiary/aromatic N) is 6. The van der Waals surface area contributed by atoms with Crippen molar-refractivity contribution in [3.8, 4) is 22.5 Å². The summed E-state index contributed by atoms with van der Waals surface area (Å²) in [5, 5.41) is 11.4. The van der Waals surface area contributed by atoms with E-state index in [4.69, 9.17) is 0 Å². The van der Waals surface area contributed by atoms with Gasteiger partial charge in [-0.3, -0.25) is 4.79 Å². The van der Waals surface area contributed by atoms with Gasteiger partial charge in [-0.05, 0) is 82.1 Å². The van der Waals surface area contributed by atoms with Crippen LogP contribution in [-0.4, -0.2) is 42.6 Å². The molecule has 0 saturated carbocycles. The number of benzene rings is 3. The van der Waals surface area contributed by atoms with Crippen LogP contribution in [0.1, 0.15) is 28.4 Å². The highest BCUT2D eigenvalue weighted by Gasteiger charge is 2.20. The molecule has 0 bridgehead atoms. The smallest absolute Gasteiger partial charge is 0.256 e. The molecule has 0 fully saturated rings. The molecule has 0 unspecified atom stereocenters. The van der Waals surface area contributed by atoms with Crippen LogP contribution in [0, 0.1) is 5.82 Å². The summed E-state index contributed by atoms with van der Waals surface area (Å²) in [4.78, 5) is 15.2. The van der Waals surface area contributed by atoms with E-state index in [0.29, 0.717) is 28.9 Å². The van der Waals surface area contributed by atoms with Crippen LogP contribution in [0.5, 0.6) is 0 Å². The second-order valence-corrected chi connectivity index (χ2v) is 8.58. The molecule has 0 N–H and O–H groups in total. The third kappa shape index (κ3) is 4.65. The molecule has 0 aliphatic rings. The SMILES string of the molecule is CCc1ccc(F)c(-c2ccc(C(=O)N(C)Cc3cccc(-n4cccc4)c3)c(-n3cnnn3)c2)c1. The van der Waals surface area contributed by atoms with E-state index in [0.717, 1.165) is 23.2 Å². The molecule has 0 atom stereocenters. The Kier molecular flexibility index (Phi) is 6.40. The van der Waals surface area contributed by atoms with E-state index in [-0.39, 0.29) is 11.7 Å². The maximum absolute atomic E-state index is 14.7. The molecule has 0 saturated heterocycles. The third-order valence-corrected chi connectivity index (χ3v) is 6.15. The number of aromatic nitrogens is 5. The van der Waals surface area contributed by atoms with E-state index >= 15 is 0 Å². The number of hydrogen-bond acceptors (Lipinski definition) is 4. The molecule has 7 nitrogen and oxygen atoms in total. The van der Waals surface area contributed by atoms with Crippen LogP contribution in [0.15, 0.2) is 91.5 Å². The summed E-state index contributed by atoms with van der Waals surface area (Å²) in [5.41, 5.74) is 5.06. The zero-order chi connectivity index (χ0) is 25.1. The van der Waals surface area contributed by atoms with Crippen molar-refractivity contribution in [2.24, 2.45) is 0 Å². The minimum atomic E-state index is -0.325. The maximum Gasteiger partial charge on any atom is 0.256 e. The Bertz CT molecular complexity index is 1490. The average molecular weight is 481 g/mol. The first-order valence-electron chi connectivity index (χ1n) is 11.7. The molecule has 0 spiro atoms. The van der Waals surface area contributed by atoms with E-state index in [1.807, 2.05) is 60.3 Å². The fraction of sp³-hybridized carbons (Fsp3) is 0.143. The van der Waals surface area contributed by atoms with E-state index in [1.54, 1.807) is 36.2 Å². The van der Waals surface area contributed by atoms with Crippen molar-refractivity contribution in [2.45, 2.75) is 19.9 Å². The van der Waals surface area contributed by atoms with Crippen LogP contribution in [0.2, 0.25) is 0 Å². The van der Waals surface area contributed by atoms with Gasteiger partial charge in [-0.1, -0.05) is 31.2 Å². The minimum absolute atomic E-state index is 0.193. The fourth-order valence-electron chi connectivity index (χ4n) is 4.23. The van der Waals surface area contributed by atoms with Gasteiger partial charge in [-0.25, -0.2) is 4.39 Å². The fourth-order valence-corrected chi connectivity index (χ4v) is 4.23. The number of carbonyl (C=O) groups is 1. The molecule has 2 aromatic heterocycles. The monoisotopic (exact) mass is 480 g/mol. The zero-order valence-corrected chi connectivity index (χ0v) is 20.0. The van der Waals surface area contributed by atoms with Crippen molar-refractivity contribution >= 4 is 5.91 Å². The number of rotatable bonds is 7. The molecule has 8 heteroatoms. The van der Waals surface area contributed by atoms with Crippen LogP contribution in [-0.2, 0) is 13.0 Å². The first-order valence-corrected chi connectivity index (χ1v) is 11.7. The van der Waals surface area contributed by atoms with Crippen LogP contribution in [0.3, 0.4) is 0 Å². The predicted molar refractivity (Wildman–Crippen MR) is 135 cm³/mol. The Morgan fingerprint density at radius 2 is 1.81 bits per heavy atom. The highest BCUT2D eigenvalue weighted by Crippen LogP contribution is 2.29. The summed E-state index contributed by atoms with van der Waals surface area (Å²) in [5.74, 6) is -0.519. The summed E-state index contributed by atoms with van der Waals surface area (Å²) >= 11 is 0. The van der Waals surface area contributed by atoms with Gasteiger partial charge < -0.3 is 9.47 Å². The molecule has 0 aliphatic carbocycles. The summed E-state index contributed by atoms with van der Waals surface area (Å²) in [6, 6.07) is 22.3. The van der Waals surface area contributed by atoms with Gasteiger partial charge in [-0.15, -0.1) is 5.10 Å². The van der Waals surface area contributed by atoms with Crippen LogP contribution >= 0.6 is 0 Å². The summed E-state index contributed by atoms with van der Waals surface area (Å²) in [6.07, 6.45) is 6.18. The first kappa shape index (κ1) is 23.2. The van der Waals surface area contributed by atoms with Gasteiger partial charge in [0.2, 0.25) is 0 Å². The Balaban J connectivity index is 1.47. The Hall–Kier alpha value is -4.59. The summed E-state index contributed by atoms with van der Waals surface area (Å²) in [6.45, 7) is 2.44. The normalized spacial score (nSPS) is 11.0. The van der Waals surface area contributed by atoms with Gasteiger partial charge in [0, 0.05) is 37.2 Å². The van der Waals surface area contributed by atoms with E-state index in [2.05, 4.69) is 21.6 Å². The van der Waals surface area contributed by atoms with Crippen molar-refractivity contribution in [1.82, 2.24) is 29.7 Å². The van der Waals surface area contributed by atoms with Crippen molar-refractivity contribution < 1.29 is 9.18 Å². The molecule has 0 radical (unpaired) electrons. The van der Waals surface area contributed by atoms with Gasteiger partial charge in [0.05, 0.1) is 11.3 Å². The number of aryl methyl sites for hydroxylation is 1. The van der Waals surface area contributed by atoms with Gasteiger partial charge in [0.1, 0.15) is 12.1 Å². The highest BCUT2D eigenvalue weighted by molar-refractivity contribution is 5.98. The topological polar surface area (TPSA) is 68.8 Å². The van der Waals surface area contributed by atoms with Crippen LogP contribution in [0.25, 0.3) is 22.5 Å². The van der Waals surface area contributed by atoms with Crippen LogP contribution < -0.4 is 0 Å². The lowest BCUT2D eigenvalue weighted by atomic mass is 9.98. The van der Waals surface area contributed by atoms with Gasteiger partial charge in [-0.2, -0.15) is 4.68 Å². The third-order valence-electron chi connectivity index (χ3n) is 6.15. The minimum Gasteiger partial charge on any atom is -0.337 e. The Morgan fingerprint density at radius 1 is 0.972 bits per heavy atom. The average Bonchev–Trinajstić information content (AvgIpc) is 3.63. The largest absolute Gasteiger partial charge is 0.337 e. The lowest BCUT2D eigenvalue weighted by Gasteiger charge is -2.20. The molecule has 180 valence electrons. The number of amides is 1. The highest BCUT2D eigenvalue weighted by atomic mass is 19.1. The first-order chi connectivity index (χ1) is 17.5.